The zero-order chi connectivity index (χ0) is 54.4. The molecule has 0 saturated heterocycles. The number of carbonyl (C=O) groups is 9. The van der Waals surface area contributed by atoms with E-state index in [-0.39, 0.29) is 122 Å². The van der Waals surface area contributed by atoms with Crippen molar-refractivity contribution in [3.8, 4) is 0 Å². The van der Waals surface area contributed by atoms with E-state index in [0.717, 1.165) is 12.8 Å². The second kappa shape index (κ2) is 46.4. The average Bonchev–Trinajstić information content (AvgIpc) is 3.37. The van der Waals surface area contributed by atoms with Crippen LogP contribution in [0.25, 0.3) is 0 Å². The Labute approximate surface area is 450 Å². The number of ether oxygens (including phenoxy) is 4. The van der Waals surface area contributed by atoms with E-state index in [1.165, 1.54) is 105 Å². The van der Waals surface area contributed by atoms with Crippen molar-refractivity contribution in [2.24, 2.45) is 0 Å². The molecular weight excluding hydrogens is 1020 g/mol. The molecule has 0 aromatic heterocycles. The first-order valence-corrected chi connectivity index (χ1v) is 29.9. The summed E-state index contributed by atoms with van der Waals surface area (Å²) in [5, 5.41) is 35.1. The van der Waals surface area contributed by atoms with Gasteiger partial charge in [0.15, 0.2) is 0 Å². The highest BCUT2D eigenvalue weighted by molar-refractivity contribution is 8.00. The summed E-state index contributed by atoms with van der Waals surface area (Å²) in [6.45, 7) is 1.14. The second-order valence-electron chi connectivity index (χ2n) is 17.7. The molecule has 74 heavy (non-hydrogen) atoms. The van der Waals surface area contributed by atoms with Crippen molar-refractivity contribution in [2.45, 2.75) is 133 Å². The van der Waals surface area contributed by atoms with E-state index in [2.05, 4.69) is 31.9 Å². The minimum Gasteiger partial charge on any atom is -0.481 e. The average molecular weight is 1110 g/mol. The van der Waals surface area contributed by atoms with Crippen molar-refractivity contribution >= 4 is 88.6 Å². The third kappa shape index (κ3) is 39.5. The third-order valence-electron chi connectivity index (χ3n) is 11.5. The number of nitrogens with one attached hydrogen (secondary N) is 6. The predicted octanol–water partition coefficient (Wildman–Crippen LogP) is 2.35. The van der Waals surface area contributed by atoms with Crippen molar-refractivity contribution in [1.29, 1.82) is 0 Å². The first-order valence-electron chi connectivity index (χ1n) is 26.0. The summed E-state index contributed by atoms with van der Waals surface area (Å²) in [5.74, 6) is -4.61. The molecule has 0 radical (unpaired) electrons. The third-order valence-corrected chi connectivity index (χ3v) is 14.0. The number of nitrogens with zero attached hydrogens (tertiary/aromatic N) is 1. The van der Waals surface area contributed by atoms with Gasteiger partial charge >= 0.3 is 11.9 Å². The van der Waals surface area contributed by atoms with Crippen LogP contribution in [0.4, 0.5) is 0 Å². The van der Waals surface area contributed by atoms with Gasteiger partial charge in [-0.2, -0.15) is 23.5 Å². The highest BCUT2D eigenvalue weighted by Gasteiger charge is 2.28. The van der Waals surface area contributed by atoms with Gasteiger partial charge in [-0.15, -0.1) is 11.8 Å². The number of thioether (sulfide) groups is 3. The Bertz CT molecular complexity index is 1580. The summed E-state index contributed by atoms with van der Waals surface area (Å²) in [5.41, 5.74) is 0. The molecule has 0 unspecified atom stereocenters. The van der Waals surface area contributed by atoms with Gasteiger partial charge in [0.25, 0.3) is 0 Å². The van der Waals surface area contributed by atoms with Crippen molar-refractivity contribution in [2.75, 3.05) is 122 Å². The molecule has 0 heterocycles. The molecule has 25 heteroatoms. The van der Waals surface area contributed by atoms with Crippen molar-refractivity contribution < 1.29 is 72.3 Å². The lowest BCUT2D eigenvalue weighted by Gasteiger charge is -2.23. The lowest BCUT2D eigenvalue weighted by atomic mass is 10.0. The Morgan fingerprint density at radius 1 is 0.500 bits per heavy atom. The van der Waals surface area contributed by atoms with E-state index in [1.54, 1.807) is 24.3 Å². The smallest absolute Gasteiger partial charge is 0.326 e. The summed E-state index contributed by atoms with van der Waals surface area (Å²) in [6.07, 6.45) is 20.0. The van der Waals surface area contributed by atoms with Crippen LogP contribution < -0.4 is 31.9 Å². The molecule has 0 bridgehead atoms. The zero-order valence-corrected chi connectivity index (χ0v) is 46.3. The van der Waals surface area contributed by atoms with Gasteiger partial charge in [0, 0.05) is 57.4 Å². The lowest BCUT2D eigenvalue weighted by molar-refractivity contribution is -0.143. The molecule has 1 aliphatic rings. The molecule has 7 amide bonds. The van der Waals surface area contributed by atoms with Crippen molar-refractivity contribution in [3.63, 3.8) is 0 Å². The molecule has 22 nitrogen and oxygen atoms in total. The van der Waals surface area contributed by atoms with Crippen LogP contribution in [-0.2, 0) is 62.1 Å². The summed E-state index contributed by atoms with van der Waals surface area (Å²) >= 11 is 4.49. The summed E-state index contributed by atoms with van der Waals surface area (Å²) in [4.78, 5) is 112. The number of hydrogen-bond acceptors (Lipinski definition) is 16. The number of hydrogen-bond donors (Lipinski definition) is 8. The lowest BCUT2D eigenvalue weighted by Crippen LogP contribution is -2.52. The van der Waals surface area contributed by atoms with Gasteiger partial charge < -0.3 is 66.0 Å². The summed E-state index contributed by atoms with van der Waals surface area (Å²) in [6, 6.07) is -2.94. The quantitative estimate of drug-likeness (QED) is 0.0410. The minimum atomic E-state index is -1.53. The standard InChI is InChI=1S/C49H87N7O15S3/c1-72-35-43(59)50-21-25-56(26-22-51-44(60)36-73-2)46(62)34-71-32-30-68-27-23-52-41(57)19-17-40(49(66)67)55-48(65)39(18-20-47(63)64)54-42(58)33-70-31-29-69-28-24-53-45(61)37-74-38-15-13-11-9-7-5-3-4-6-8-10-12-14-16-38/h38-40H,3-37H2,1-2H3,(H,50,59)(H,51,60)(H,52,57)(H,53,61)(H,54,58)(H,55,65)(H,63,64)(H,66,67)/t39-,40-/m0/s1. The SMILES string of the molecule is CSCC(=O)NCCN(CCNC(=O)CSC)C(=O)COCCOCCNC(=O)CC[C@H](NC(=O)[C@H](CCC(=O)O)NC(=O)COCCOCCNC(=O)CSC1CCCCCCCCCCCCCC1)C(=O)O. The number of carbonyl (C=O) groups excluding carboxylic acids is 7. The highest BCUT2D eigenvalue weighted by Crippen LogP contribution is 2.25. The number of carboxylic acid groups (broad SMARTS) is 2. The molecule has 1 saturated carbocycles. The first kappa shape index (κ1) is 68.1. The Balaban J connectivity index is 2.37. The van der Waals surface area contributed by atoms with Gasteiger partial charge in [0.1, 0.15) is 25.3 Å². The molecule has 2 atom stereocenters. The zero-order valence-electron chi connectivity index (χ0n) is 43.9. The second-order valence-corrected chi connectivity index (χ2v) is 20.7. The monoisotopic (exact) mass is 1110 g/mol. The van der Waals surface area contributed by atoms with E-state index >= 15 is 0 Å². The van der Waals surface area contributed by atoms with E-state index in [4.69, 9.17) is 18.9 Å². The van der Waals surface area contributed by atoms with Gasteiger partial charge in [-0.05, 0) is 38.2 Å². The van der Waals surface area contributed by atoms with Crippen LogP contribution in [0.1, 0.15) is 116 Å². The van der Waals surface area contributed by atoms with Crippen LogP contribution in [0.3, 0.4) is 0 Å². The maximum Gasteiger partial charge on any atom is 0.326 e. The molecule has 0 spiro atoms. The van der Waals surface area contributed by atoms with E-state index in [9.17, 15) is 53.4 Å². The Kier molecular flexibility index (Phi) is 42.7. The van der Waals surface area contributed by atoms with Gasteiger partial charge in [-0.3, -0.25) is 38.4 Å². The van der Waals surface area contributed by atoms with Gasteiger partial charge in [-0.25, -0.2) is 4.79 Å². The molecular formula is C49H87N7O15S3. The molecule has 0 aromatic rings. The normalized spacial score (nSPS) is 14.7. The largest absolute Gasteiger partial charge is 0.481 e. The van der Waals surface area contributed by atoms with Crippen LogP contribution in [0.2, 0.25) is 0 Å². The Morgan fingerprint density at radius 2 is 0.946 bits per heavy atom. The number of amides is 7. The topological polar surface area (TPSA) is 306 Å². The van der Waals surface area contributed by atoms with Gasteiger partial charge in [-0.1, -0.05) is 77.0 Å². The number of aliphatic carboxylic acids is 2. The Morgan fingerprint density at radius 3 is 1.45 bits per heavy atom. The van der Waals surface area contributed by atoms with Crippen molar-refractivity contribution in [1.82, 2.24) is 36.8 Å². The van der Waals surface area contributed by atoms with Crippen LogP contribution in [0.5, 0.6) is 0 Å². The summed E-state index contributed by atoms with van der Waals surface area (Å²) in [7, 11) is 0. The van der Waals surface area contributed by atoms with Crippen LogP contribution in [0, 0.1) is 0 Å². The fourth-order valence-electron chi connectivity index (χ4n) is 7.50. The minimum absolute atomic E-state index is 0.0166. The van der Waals surface area contributed by atoms with Crippen LogP contribution in [-0.4, -0.2) is 208 Å². The Hall–Kier alpha value is -3.88. The predicted molar refractivity (Wildman–Crippen MR) is 287 cm³/mol. The van der Waals surface area contributed by atoms with E-state index in [1.807, 2.05) is 0 Å². The summed E-state index contributed by atoms with van der Waals surface area (Å²) < 4.78 is 21.8. The molecule has 1 aliphatic carbocycles. The van der Waals surface area contributed by atoms with Crippen molar-refractivity contribution in [3.05, 3.63) is 0 Å². The van der Waals surface area contributed by atoms with Gasteiger partial charge in [0.2, 0.25) is 41.4 Å². The molecule has 1 fully saturated rings. The molecule has 1 rings (SSSR count). The number of carboxylic acids is 2. The highest BCUT2D eigenvalue weighted by atomic mass is 32.2. The molecule has 8 N–H and O–H groups in total. The van der Waals surface area contributed by atoms with Crippen LogP contribution in [0.15, 0.2) is 0 Å². The van der Waals surface area contributed by atoms with E-state index < -0.39 is 54.8 Å². The fraction of sp³-hybridized carbons (Fsp3) is 0.816. The van der Waals surface area contributed by atoms with E-state index in [0.29, 0.717) is 29.1 Å². The molecule has 0 aromatic carbocycles. The molecule has 426 valence electrons. The van der Waals surface area contributed by atoms with Gasteiger partial charge in [0.05, 0.1) is 56.9 Å². The maximum absolute atomic E-state index is 13.1. The first-order chi connectivity index (χ1) is 35.7. The number of rotatable bonds is 39. The molecule has 0 aliphatic heterocycles. The van der Waals surface area contributed by atoms with Crippen LogP contribution >= 0.6 is 35.3 Å². The fourth-order valence-corrected chi connectivity index (χ4v) is 9.38. The maximum atomic E-state index is 13.1.